The number of rotatable bonds is 11. The number of methoxy groups -OCH3 is 1. The van der Waals surface area contributed by atoms with Gasteiger partial charge in [-0.3, -0.25) is 9.58 Å². The number of aryl methyl sites for hydroxylation is 1. The van der Waals surface area contributed by atoms with Crippen molar-refractivity contribution in [3.8, 4) is 5.75 Å². The van der Waals surface area contributed by atoms with Crippen LogP contribution in [-0.4, -0.2) is 83.9 Å². The SMILES string of the molecule is COc1cc(CCCCO[C@@H]2CCN(C(C(=O)OC(C)(C)C)c3cccc4cnn(C5COC5)c34)C2)nc2c1CCCN2. The summed E-state index contributed by atoms with van der Waals surface area (Å²) in [6, 6.07) is 7.83. The third-order valence-electron chi connectivity index (χ3n) is 8.51. The number of likely N-dealkylation sites (tertiary alicyclic amines) is 1. The van der Waals surface area contributed by atoms with Crippen molar-refractivity contribution in [3.63, 3.8) is 0 Å². The zero-order valence-corrected chi connectivity index (χ0v) is 25.9. The van der Waals surface area contributed by atoms with Gasteiger partial charge in [-0.25, -0.2) is 9.78 Å². The Bertz CT molecular complexity index is 1410. The van der Waals surface area contributed by atoms with Crippen LogP contribution in [0.15, 0.2) is 30.5 Å². The van der Waals surface area contributed by atoms with Gasteiger partial charge in [0.25, 0.3) is 0 Å². The van der Waals surface area contributed by atoms with E-state index in [1.54, 1.807) is 7.11 Å². The highest BCUT2D eigenvalue weighted by molar-refractivity contribution is 5.89. The molecule has 2 aromatic heterocycles. The van der Waals surface area contributed by atoms with Crippen molar-refractivity contribution >= 4 is 22.7 Å². The minimum Gasteiger partial charge on any atom is -0.496 e. The zero-order valence-electron chi connectivity index (χ0n) is 25.9. The van der Waals surface area contributed by atoms with Gasteiger partial charge in [-0.1, -0.05) is 18.2 Å². The molecule has 0 saturated carbocycles. The first kappa shape index (κ1) is 29.8. The van der Waals surface area contributed by atoms with E-state index in [1.165, 1.54) is 5.56 Å². The van der Waals surface area contributed by atoms with E-state index in [0.717, 1.165) is 85.3 Å². The zero-order chi connectivity index (χ0) is 30.0. The lowest BCUT2D eigenvalue weighted by Gasteiger charge is -2.32. The average molecular weight is 592 g/mol. The van der Waals surface area contributed by atoms with Crippen LogP contribution >= 0.6 is 0 Å². The van der Waals surface area contributed by atoms with E-state index in [4.69, 9.17) is 23.9 Å². The number of pyridine rings is 1. The minimum absolute atomic E-state index is 0.0697. The molecular formula is C33H45N5O5. The van der Waals surface area contributed by atoms with Crippen molar-refractivity contribution in [2.45, 2.75) is 83.1 Å². The molecule has 43 heavy (non-hydrogen) atoms. The molecule has 0 amide bonds. The molecule has 10 heteroatoms. The molecular weight excluding hydrogens is 546 g/mol. The van der Waals surface area contributed by atoms with Crippen molar-refractivity contribution in [1.29, 1.82) is 0 Å². The number of benzene rings is 1. The number of hydrogen-bond donors (Lipinski definition) is 1. The highest BCUT2D eigenvalue weighted by atomic mass is 16.6. The summed E-state index contributed by atoms with van der Waals surface area (Å²) >= 11 is 0. The van der Waals surface area contributed by atoms with Crippen LogP contribution in [-0.2, 0) is 31.8 Å². The smallest absolute Gasteiger partial charge is 0.328 e. The van der Waals surface area contributed by atoms with E-state index >= 15 is 0 Å². The highest BCUT2D eigenvalue weighted by Gasteiger charge is 2.38. The number of anilines is 1. The number of hydrogen-bond acceptors (Lipinski definition) is 9. The van der Waals surface area contributed by atoms with Crippen LogP contribution in [0.2, 0.25) is 0 Å². The molecule has 1 N–H and O–H groups in total. The van der Waals surface area contributed by atoms with Gasteiger partial charge in [-0.2, -0.15) is 5.10 Å². The maximum atomic E-state index is 13.8. The Kier molecular flexibility index (Phi) is 8.88. The quantitative estimate of drug-likeness (QED) is 0.247. The van der Waals surface area contributed by atoms with Crippen LogP contribution in [0.1, 0.15) is 75.4 Å². The molecule has 3 aliphatic heterocycles. The van der Waals surface area contributed by atoms with E-state index in [2.05, 4.69) is 27.4 Å². The third kappa shape index (κ3) is 6.66. The maximum absolute atomic E-state index is 13.8. The number of nitrogens with zero attached hydrogens (tertiary/aromatic N) is 4. The van der Waals surface area contributed by atoms with Gasteiger partial charge in [0.1, 0.15) is 23.2 Å². The predicted octanol–water partition coefficient (Wildman–Crippen LogP) is 4.87. The second kappa shape index (κ2) is 12.8. The minimum atomic E-state index is -0.589. The molecule has 0 radical (unpaired) electrons. The normalized spacial score (nSPS) is 20.0. The van der Waals surface area contributed by atoms with Crippen molar-refractivity contribution in [2.24, 2.45) is 0 Å². The standard InChI is InChI=1S/C33H45N5O5/c1-33(2,3)43-32(39)30(27-11-7-9-22-18-35-38(29(22)27)24-20-41-21-24)37-15-13-25(19-37)42-16-6-5-10-23-17-28(40-4)26-12-8-14-34-31(26)36-23/h7,9,11,17-18,24-25,30H,5-6,8,10,12-16,19-21H2,1-4H3,(H,34,36)/t25-,30?/m1/s1. The first-order valence-electron chi connectivity index (χ1n) is 15.7. The van der Waals surface area contributed by atoms with Crippen LogP contribution in [0.4, 0.5) is 5.82 Å². The Morgan fingerprint density at radius 2 is 2.09 bits per heavy atom. The molecule has 10 nitrogen and oxygen atoms in total. The first-order valence-corrected chi connectivity index (χ1v) is 15.7. The van der Waals surface area contributed by atoms with Crippen LogP contribution in [0.5, 0.6) is 5.75 Å². The van der Waals surface area contributed by atoms with Gasteiger partial charge in [-0.15, -0.1) is 0 Å². The lowest BCUT2D eigenvalue weighted by Crippen LogP contribution is -2.38. The average Bonchev–Trinajstić information content (AvgIpc) is 3.59. The Labute approximate surface area is 254 Å². The van der Waals surface area contributed by atoms with E-state index in [1.807, 2.05) is 43.8 Å². The van der Waals surface area contributed by atoms with E-state index in [0.29, 0.717) is 26.4 Å². The van der Waals surface area contributed by atoms with E-state index in [9.17, 15) is 4.79 Å². The Morgan fingerprint density at radius 3 is 2.86 bits per heavy atom. The maximum Gasteiger partial charge on any atom is 0.328 e. The summed E-state index contributed by atoms with van der Waals surface area (Å²) in [6.45, 7) is 10.1. The van der Waals surface area contributed by atoms with Crippen molar-refractivity contribution < 1.29 is 23.7 Å². The van der Waals surface area contributed by atoms with Crippen LogP contribution in [0.3, 0.4) is 0 Å². The fourth-order valence-electron chi connectivity index (χ4n) is 6.37. The summed E-state index contributed by atoms with van der Waals surface area (Å²) < 4.78 is 25.5. The fourth-order valence-corrected chi connectivity index (χ4v) is 6.37. The van der Waals surface area contributed by atoms with Crippen molar-refractivity contribution in [2.75, 3.05) is 51.9 Å². The first-order chi connectivity index (χ1) is 20.8. The molecule has 0 spiro atoms. The lowest BCUT2D eigenvalue weighted by atomic mass is 10.0. The molecule has 3 aliphatic rings. The predicted molar refractivity (Wildman–Crippen MR) is 165 cm³/mol. The van der Waals surface area contributed by atoms with Gasteiger partial charge in [0.15, 0.2) is 0 Å². The molecule has 2 saturated heterocycles. The summed E-state index contributed by atoms with van der Waals surface area (Å²) in [4.78, 5) is 20.8. The number of unbranched alkanes of at least 4 members (excludes halogenated alkanes) is 1. The topological polar surface area (TPSA) is 100.0 Å². The number of aromatic nitrogens is 3. The Balaban J connectivity index is 1.09. The number of carbonyl (C=O) groups is 1. The number of esters is 1. The van der Waals surface area contributed by atoms with E-state index in [-0.39, 0.29) is 18.1 Å². The lowest BCUT2D eigenvalue weighted by molar-refractivity contribution is -0.161. The molecule has 6 rings (SSSR count). The summed E-state index contributed by atoms with van der Waals surface area (Å²) in [7, 11) is 1.73. The summed E-state index contributed by atoms with van der Waals surface area (Å²) in [6.07, 6.45) is 7.76. The third-order valence-corrected chi connectivity index (χ3v) is 8.51. The number of ether oxygens (including phenoxy) is 4. The molecule has 2 atom stereocenters. The molecule has 5 heterocycles. The van der Waals surface area contributed by atoms with Crippen molar-refractivity contribution in [3.05, 3.63) is 47.3 Å². The van der Waals surface area contributed by atoms with Gasteiger partial charge in [-0.05, 0) is 59.3 Å². The number of nitrogens with one attached hydrogen (secondary N) is 1. The summed E-state index contributed by atoms with van der Waals surface area (Å²) in [5, 5.41) is 9.11. The summed E-state index contributed by atoms with van der Waals surface area (Å²) in [5.74, 6) is 1.68. The molecule has 2 fully saturated rings. The monoisotopic (exact) mass is 591 g/mol. The number of carbonyl (C=O) groups excluding carboxylic acids is 1. The molecule has 3 aromatic rings. The molecule has 0 aliphatic carbocycles. The second-order valence-electron chi connectivity index (χ2n) is 12.9. The largest absolute Gasteiger partial charge is 0.496 e. The molecule has 232 valence electrons. The molecule has 1 unspecified atom stereocenters. The van der Waals surface area contributed by atoms with Crippen LogP contribution in [0.25, 0.3) is 10.9 Å². The van der Waals surface area contributed by atoms with Gasteiger partial charge in [0, 0.05) is 54.5 Å². The fraction of sp³-hybridized carbons (Fsp3) is 0.606. The van der Waals surface area contributed by atoms with Crippen LogP contribution in [0, 0.1) is 0 Å². The molecule has 0 bridgehead atoms. The molecule has 1 aromatic carbocycles. The van der Waals surface area contributed by atoms with Gasteiger partial charge >= 0.3 is 5.97 Å². The van der Waals surface area contributed by atoms with E-state index < -0.39 is 11.6 Å². The van der Waals surface area contributed by atoms with Crippen LogP contribution < -0.4 is 10.1 Å². The van der Waals surface area contributed by atoms with Gasteiger partial charge in [0.2, 0.25) is 0 Å². The van der Waals surface area contributed by atoms with Crippen molar-refractivity contribution in [1.82, 2.24) is 19.7 Å². The summed E-state index contributed by atoms with van der Waals surface area (Å²) in [5.41, 5.74) is 3.57. The Morgan fingerprint density at radius 1 is 1.23 bits per heavy atom. The van der Waals surface area contributed by atoms with Gasteiger partial charge < -0.3 is 24.3 Å². The Hall–Kier alpha value is -3.21. The van der Waals surface area contributed by atoms with Gasteiger partial charge in [0.05, 0.1) is 44.2 Å². The number of fused-ring (bicyclic) bond motifs is 2. The highest BCUT2D eigenvalue weighted by Crippen LogP contribution is 2.36. The second-order valence-corrected chi connectivity index (χ2v) is 12.9. The number of para-hydroxylation sites is 1.